The van der Waals surface area contributed by atoms with Crippen molar-refractivity contribution in [2.45, 2.75) is 19.8 Å². The molecule has 0 amide bonds. The van der Waals surface area contributed by atoms with Gasteiger partial charge in [0.2, 0.25) is 0 Å². The second-order valence-corrected chi connectivity index (χ2v) is 2.98. The van der Waals surface area contributed by atoms with Crippen molar-refractivity contribution in [2.75, 3.05) is 7.11 Å². The largest absolute Gasteiger partial charge is 0.573 e. The quantitative estimate of drug-likeness (QED) is 0.868. The van der Waals surface area contributed by atoms with Gasteiger partial charge in [0.1, 0.15) is 5.75 Å². The van der Waals surface area contributed by atoms with Crippen molar-refractivity contribution in [2.24, 2.45) is 5.73 Å². The summed E-state index contributed by atoms with van der Waals surface area (Å²) in [6, 6.07) is 0. The highest BCUT2D eigenvalue weighted by molar-refractivity contribution is 5.45. The number of aromatic nitrogens is 1. The van der Waals surface area contributed by atoms with E-state index in [1.54, 1.807) is 0 Å². The lowest BCUT2D eigenvalue weighted by Crippen LogP contribution is -2.20. The lowest BCUT2D eigenvalue weighted by atomic mass is 10.2. The standard InChI is InChI=1S/C9H11F3N2O2/c1-5-7(15-2)4-14-6(3-13)8(5)16-9(10,11)12/h4H,3,13H2,1-2H3. The minimum absolute atomic E-state index is 0.0376. The number of nitrogens with two attached hydrogens (primary N) is 1. The first-order chi connectivity index (χ1) is 7.39. The highest BCUT2D eigenvalue weighted by Crippen LogP contribution is 2.33. The van der Waals surface area contributed by atoms with Crippen LogP contribution >= 0.6 is 0 Å². The minimum atomic E-state index is -4.78. The second kappa shape index (κ2) is 4.56. The maximum Gasteiger partial charge on any atom is 0.573 e. The molecular formula is C9H11F3N2O2. The Bertz CT molecular complexity index is 380. The van der Waals surface area contributed by atoms with Crippen LogP contribution < -0.4 is 15.2 Å². The molecule has 0 aliphatic heterocycles. The molecule has 2 N–H and O–H groups in total. The van der Waals surface area contributed by atoms with Gasteiger partial charge in [-0.2, -0.15) is 0 Å². The smallest absolute Gasteiger partial charge is 0.495 e. The zero-order valence-corrected chi connectivity index (χ0v) is 8.76. The Kier molecular flexibility index (Phi) is 3.58. The Morgan fingerprint density at radius 2 is 2.06 bits per heavy atom. The van der Waals surface area contributed by atoms with Crippen molar-refractivity contribution >= 4 is 0 Å². The van der Waals surface area contributed by atoms with Crippen molar-refractivity contribution < 1.29 is 22.6 Å². The second-order valence-electron chi connectivity index (χ2n) is 2.98. The number of alkyl halides is 3. The Morgan fingerprint density at radius 3 is 2.50 bits per heavy atom. The van der Waals surface area contributed by atoms with E-state index in [9.17, 15) is 13.2 Å². The Labute approximate surface area is 90.2 Å². The minimum Gasteiger partial charge on any atom is -0.495 e. The summed E-state index contributed by atoms with van der Waals surface area (Å²) in [4.78, 5) is 3.74. The molecule has 16 heavy (non-hydrogen) atoms. The van der Waals surface area contributed by atoms with Crippen molar-refractivity contribution in [1.82, 2.24) is 4.98 Å². The highest BCUT2D eigenvalue weighted by atomic mass is 19.4. The number of hydrogen-bond donors (Lipinski definition) is 1. The van der Waals surface area contributed by atoms with E-state index in [4.69, 9.17) is 10.5 Å². The first kappa shape index (κ1) is 12.6. The first-order valence-corrected chi connectivity index (χ1v) is 4.37. The lowest BCUT2D eigenvalue weighted by molar-refractivity contribution is -0.275. The number of methoxy groups -OCH3 is 1. The number of nitrogens with zero attached hydrogens (tertiary/aromatic N) is 1. The molecule has 0 spiro atoms. The van der Waals surface area contributed by atoms with Crippen LogP contribution in [0.3, 0.4) is 0 Å². The number of rotatable bonds is 3. The first-order valence-electron chi connectivity index (χ1n) is 4.37. The summed E-state index contributed by atoms with van der Waals surface area (Å²) in [6.45, 7) is 1.30. The maximum absolute atomic E-state index is 12.1. The van der Waals surface area contributed by atoms with Crippen LogP contribution in [0.2, 0.25) is 0 Å². The topological polar surface area (TPSA) is 57.4 Å². The zero-order valence-electron chi connectivity index (χ0n) is 8.76. The molecule has 1 heterocycles. The summed E-state index contributed by atoms with van der Waals surface area (Å²) in [5.41, 5.74) is 5.53. The third-order valence-corrected chi connectivity index (χ3v) is 1.94. The molecule has 0 bridgehead atoms. The number of hydrogen-bond acceptors (Lipinski definition) is 4. The summed E-state index contributed by atoms with van der Waals surface area (Å²) < 4.78 is 45.1. The van der Waals surface area contributed by atoms with Gasteiger partial charge in [-0.3, -0.25) is 4.98 Å². The van der Waals surface area contributed by atoms with Gasteiger partial charge in [0, 0.05) is 12.1 Å². The SMILES string of the molecule is COc1cnc(CN)c(OC(F)(F)F)c1C. The van der Waals surface area contributed by atoms with E-state index in [-0.39, 0.29) is 23.6 Å². The van der Waals surface area contributed by atoms with Crippen molar-refractivity contribution in [3.8, 4) is 11.5 Å². The van der Waals surface area contributed by atoms with Gasteiger partial charge < -0.3 is 15.2 Å². The molecule has 0 unspecified atom stereocenters. The predicted molar refractivity (Wildman–Crippen MR) is 50.1 cm³/mol. The van der Waals surface area contributed by atoms with E-state index in [1.165, 1.54) is 20.2 Å². The fourth-order valence-corrected chi connectivity index (χ4v) is 1.22. The van der Waals surface area contributed by atoms with Crippen LogP contribution in [0.25, 0.3) is 0 Å². The highest BCUT2D eigenvalue weighted by Gasteiger charge is 2.33. The van der Waals surface area contributed by atoms with E-state index in [0.29, 0.717) is 0 Å². The van der Waals surface area contributed by atoms with Gasteiger partial charge in [-0.05, 0) is 6.92 Å². The molecule has 0 fully saturated rings. The van der Waals surface area contributed by atoms with Gasteiger partial charge in [0.15, 0.2) is 5.75 Å². The van der Waals surface area contributed by atoms with Gasteiger partial charge >= 0.3 is 6.36 Å². The average Bonchev–Trinajstić information content (AvgIpc) is 2.19. The van der Waals surface area contributed by atoms with Crippen molar-refractivity contribution in [1.29, 1.82) is 0 Å². The Morgan fingerprint density at radius 1 is 1.44 bits per heavy atom. The lowest BCUT2D eigenvalue weighted by Gasteiger charge is -2.15. The Hall–Kier alpha value is -1.50. The summed E-state index contributed by atoms with van der Waals surface area (Å²) in [6.07, 6.45) is -3.47. The molecule has 7 heteroatoms. The summed E-state index contributed by atoms with van der Waals surface area (Å²) in [5, 5.41) is 0. The normalized spacial score (nSPS) is 11.4. The van der Waals surface area contributed by atoms with Crippen LogP contribution in [0.1, 0.15) is 11.3 Å². The van der Waals surface area contributed by atoms with Gasteiger partial charge in [-0.25, -0.2) is 0 Å². The molecule has 0 saturated heterocycles. The van der Waals surface area contributed by atoms with E-state index in [0.717, 1.165) is 0 Å². The van der Waals surface area contributed by atoms with Gasteiger partial charge in [0.25, 0.3) is 0 Å². The van der Waals surface area contributed by atoms with Crippen molar-refractivity contribution in [3.63, 3.8) is 0 Å². The van der Waals surface area contributed by atoms with Crippen LogP contribution in [0.5, 0.6) is 11.5 Å². The fourth-order valence-electron chi connectivity index (χ4n) is 1.22. The van der Waals surface area contributed by atoms with E-state index < -0.39 is 12.1 Å². The molecule has 4 nitrogen and oxygen atoms in total. The molecule has 0 aliphatic carbocycles. The molecule has 0 aliphatic rings. The summed E-state index contributed by atoms with van der Waals surface area (Å²) in [7, 11) is 1.34. The van der Waals surface area contributed by atoms with E-state index in [1.807, 2.05) is 0 Å². The third-order valence-electron chi connectivity index (χ3n) is 1.94. The summed E-state index contributed by atoms with van der Waals surface area (Å²) >= 11 is 0. The van der Waals surface area contributed by atoms with Gasteiger partial charge in [-0.1, -0.05) is 0 Å². The third kappa shape index (κ3) is 2.75. The molecule has 0 atom stereocenters. The molecule has 0 saturated carbocycles. The van der Waals surface area contributed by atoms with Crippen LogP contribution in [-0.2, 0) is 6.54 Å². The fraction of sp³-hybridized carbons (Fsp3) is 0.444. The molecule has 1 aromatic heterocycles. The molecule has 0 aromatic carbocycles. The monoisotopic (exact) mass is 236 g/mol. The molecule has 0 radical (unpaired) electrons. The molecular weight excluding hydrogens is 225 g/mol. The van der Waals surface area contributed by atoms with Crippen LogP contribution in [0.15, 0.2) is 6.20 Å². The van der Waals surface area contributed by atoms with Gasteiger partial charge in [-0.15, -0.1) is 13.2 Å². The molecule has 1 aromatic rings. The zero-order chi connectivity index (χ0) is 12.3. The molecule has 90 valence electrons. The van der Waals surface area contributed by atoms with Gasteiger partial charge in [0.05, 0.1) is 19.0 Å². The molecule has 1 rings (SSSR count). The van der Waals surface area contributed by atoms with Crippen molar-refractivity contribution in [3.05, 3.63) is 17.5 Å². The number of pyridine rings is 1. The maximum atomic E-state index is 12.1. The van der Waals surface area contributed by atoms with Crippen LogP contribution in [0.4, 0.5) is 13.2 Å². The van der Waals surface area contributed by atoms with Crippen LogP contribution in [-0.4, -0.2) is 18.5 Å². The van der Waals surface area contributed by atoms with E-state index >= 15 is 0 Å². The van der Waals surface area contributed by atoms with E-state index in [2.05, 4.69) is 9.72 Å². The average molecular weight is 236 g/mol. The van der Waals surface area contributed by atoms with Crippen LogP contribution in [0, 0.1) is 6.92 Å². The predicted octanol–water partition coefficient (Wildman–Crippen LogP) is 1.76. The number of halogens is 3. The summed E-state index contributed by atoms with van der Waals surface area (Å²) in [5.74, 6) is -0.175. The Balaban J connectivity index is 3.21. The number of ether oxygens (including phenoxy) is 2.